The summed E-state index contributed by atoms with van der Waals surface area (Å²) in [7, 11) is 0. The Morgan fingerprint density at radius 3 is 1.41 bits per heavy atom. The molecule has 0 aliphatic carbocycles. The normalized spacial score (nSPS) is 38.5. The van der Waals surface area contributed by atoms with Crippen molar-refractivity contribution in [2.75, 3.05) is 37.9 Å². The zero-order chi connectivity index (χ0) is 12.1. The van der Waals surface area contributed by atoms with Crippen LogP contribution in [0.15, 0.2) is 0 Å². The Labute approximate surface area is 113 Å². The van der Waals surface area contributed by atoms with E-state index in [-0.39, 0.29) is 18.0 Å². The summed E-state index contributed by atoms with van der Waals surface area (Å²) in [6.07, 6.45) is 1.41. The fraction of sp³-hybridized carbons (Fsp3) is 1.00. The van der Waals surface area contributed by atoms with E-state index in [2.05, 4.69) is 25.3 Å². The van der Waals surface area contributed by atoms with Crippen LogP contribution in [0, 0.1) is 5.41 Å². The van der Waals surface area contributed by atoms with Crippen molar-refractivity contribution in [3.63, 3.8) is 0 Å². The molecule has 1 spiro atoms. The summed E-state index contributed by atoms with van der Waals surface area (Å²) in [5, 5.41) is 0. The van der Waals surface area contributed by atoms with Crippen LogP contribution in [0.4, 0.5) is 0 Å². The third-order valence-corrected chi connectivity index (χ3v) is 3.55. The molecule has 0 aromatic heterocycles. The summed E-state index contributed by atoms with van der Waals surface area (Å²) in [5.41, 5.74) is -0.125. The molecule has 17 heavy (non-hydrogen) atoms. The van der Waals surface area contributed by atoms with Crippen LogP contribution in [0.1, 0.15) is 12.8 Å². The second kappa shape index (κ2) is 6.63. The Morgan fingerprint density at radius 1 is 0.765 bits per heavy atom. The van der Waals surface area contributed by atoms with Gasteiger partial charge in [-0.25, -0.2) is 0 Å². The minimum Gasteiger partial charge on any atom is -0.352 e. The van der Waals surface area contributed by atoms with Gasteiger partial charge >= 0.3 is 0 Å². The summed E-state index contributed by atoms with van der Waals surface area (Å²) in [6, 6.07) is 0. The van der Waals surface area contributed by atoms with Crippen LogP contribution < -0.4 is 0 Å². The molecule has 0 bridgehead atoms. The molecule has 0 saturated carbocycles. The summed E-state index contributed by atoms with van der Waals surface area (Å²) < 4.78 is 22.6. The van der Waals surface area contributed by atoms with E-state index >= 15 is 0 Å². The van der Waals surface area contributed by atoms with Crippen molar-refractivity contribution in [1.29, 1.82) is 0 Å². The monoisotopic (exact) mass is 280 g/mol. The van der Waals surface area contributed by atoms with E-state index in [1.165, 1.54) is 0 Å². The topological polar surface area (TPSA) is 36.9 Å². The molecule has 0 aromatic carbocycles. The molecule has 0 N–H and O–H groups in total. The van der Waals surface area contributed by atoms with Crippen LogP contribution in [0.2, 0.25) is 0 Å². The minimum atomic E-state index is -0.125. The minimum absolute atomic E-state index is 0.117. The van der Waals surface area contributed by atoms with Gasteiger partial charge in [-0.15, -0.1) is 0 Å². The van der Waals surface area contributed by atoms with Gasteiger partial charge in [-0.2, -0.15) is 25.3 Å². The van der Waals surface area contributed by atoms with Crippen molar-refractivity contribution < 1.29 is 18.9 Å². The van der Waals surface area contributed by atoms with Crippen molar-refractivity contribution >= 4 is 25.3 Å². The quantitative estimate of drug-likeness (QED) is 0.763. The van der Waals surface area contributed by atoms with Crippen molar-refractivity contribution in [1.82, 2.24) is 0 Å². The fourth-order valence-corrected chi connectivity index (χ4v) is 2.39. The van der Waals surface area contributed by atoms with Crippen LogP contribution >= 0.6 is 25.3 Å². The lowest BCUT2D eigenvalue weighted by molar-refractivity contribution is -0.302. The molecule has 2 fully saturated rings. The highest BCUT2D eigenvalue weighted by molar-refractivity contribution is 7.80. The first-order chi connectivity index (χ1) is 8.28. The Bertz CT molecular complexity index is 196. The summed E-state index contributed by atoms with van der Waals surface area (Å²) in [6.45, 7) is 2.55. The lowest BCUT2D eigenvalue weighted by atomic mass is 9.90. The zero-order valence-electron chi connectivity index (χ0n) is 9.84. The predicted octanol–water partition coefficient (Wildman–Crippen LogP) is 1.36. The molecule has 2 saturated heterocycles. The van der Waals surface area contributed by atoms with Crippen molar-refractivity contribution in [3.8, 4) is 0 Å². The summed E-state index contributed by atoms with van der Waals surface area (Å²) in [4.78, 5) is 0. The lowest BCUT2D eigenvalue weighted by Crippen LogP contribution is -2.52. The molecule has 2 heterocycles. The molecule has 2 aliphatic rings. The van der Waals surface area contributed by atoms with E-state index in [4.69, 9.17) is 18.9 Å². The molecule has 0 amide bonds. The van der Waals surface area contributed by atoms with E-state index in [1.807, 2.05) is 0 Å². The first-order valence-electron chi connectivity index (χ1n) is 5.96. The fourth-order valence-electron chi connectivity index (χ4n) is 1.97. The molecule has 2 aliphatic heterocycles. The van der Waals surface area contributed by atoms with Crippen LogP contribution in [-0.4, -0.2) is 50.5 Å². The summed E-state index contributed by atoms with van der Waals surface area (Å²) in [5.74, 6) is 1.55. The van der Waals surface area contributed by atoms with E-state index in [9.17, 15) is 0 Å². The summed E-state index contributed by atoms with van der Waals surface area (Å²) >= 11 is 8.34. The number of hydrogen-bond donors (Lipinski definition) is 2. The Hall–Kier alpha value is 0.540. The Kier molecular flexibility index (Phi) is 5.45. The second-order valence-electron chi connectivity index (χ2n) is 4.63. The number of ether oxygens (including phenoxy) is 4. The molecule has 0 atom stereocenters. The number of rotatable bonds is 4. The smallest absolute Gasteiger partial charge is 0.158 e. The SMILES string of the molecule is SCCC1OCC2(CO1)COC(CCS)OC2. The maximum absolute atomic E-state index is 5.66. The van der Waals surface area contributed by atoms with Crippen LogP contribution in [0.25, 0.3) is 0 Å². The molecular weight excluding hydrogens is 260 g/mol. The van der Waals surface area contributed by atoms with E-state index in [1.54, 1.807) is 0 Å². The molecule has 100 valence electrons. The van der Waals surface area contributed by atoms with E-state index in [0.29, 0.717) is 26.4 Å². The average Bonchev–Trinajstić information content (AvgIpc) is 2.36. The van der Waals surface area contributed by atoms with Gasteiger partial charge in [0.25, 0.3) is 0 Å². The largest absolute Gasteiger partial charge is 0.352 e. The molecule has 0 aromatic rings. The first kappa shape index (κ1) is 14.0. The maximum Gasteiger partial charge on any atom is 0.158 e. The van der Waals surface area contributed by atoms with Gasteiger partial charge in [0.15, 0.2) is 12.6 Å². The molecule has 0 radical (unpaired) electrons. The Balaban J connectivity index is 1.76. The van der Waals surface area contributed by atoms with Crippen molar-refractivity contribution in [2.45, 2.75) is 25.4 Å². The van der Waals surface area contributed by atoms with Gasteiger partial charge in [0.2, 0.25) is 0 Å². The maximum atomic E-state index is 5.66. The van der Waals surface area contributed by atoms with Gasteiger partial charge in [0.05, 0.1) is 31.8 Å². The molecule has 0 unspecified atom stereocenters. The van der Waals surface area contributed by atoms with Gasteiger partial charge < -0.3 is 18.9 Å². The van der Waals surface area contributed by atoms with Crippen molar-refractivity contribution in [3.05, 3.63) is 0 Å². The zero-order valence-corrected chi connectivity index (χ0v) is 11.6. The highest BCUT2D eigenvalue weighted by Gasteiger charge is 2.41. The predicted molar refractivity (Wildman–Crippen MR) is 70.8 cm³/mol. The van der Waals surface area contributed by atoms with Gasteiger partial charge in [0.1, 0.15) is 0 Å². The Morgan fingerprint density at radius 2 is 1.12 bits per heavy atom. The molecular formula is C11H20O4S2. The van der Waals surface area contributed by atoms with Crippen LogP contribution in [0.3, 0.4) is 0 Å². The van der Waals surface area contributed by atoms with Crippen LogP contribution in [-0.2, 0) is 18.9 Å². The first-order valence-corrected chi connectivity index (χ1v) is 7.23. The standard InChI is InChI=1S/C11H20O4S2/c16-3-1-9-12-5-11(6-13-9)7-14-10(2-4-17)15-8-11/h9-10,16-17H,1-8H2. The third kappa shape index (κ3) is 3.75. The lowest BCUT2D eigenvalue weighted by Gasteiger charge is -2.43. The van der Waals surface area contributed by atoms with Gasteiger partial charge in [-0.1, -0.05) is 0 Å². The third-order valence-electron chi connectivity index (χ3n) is 3.03. The van der Waals surface area contributed by atoms with Crippen LogP contribution in [0.5, 0.6) is 0 Å². The molecule has 6 heteroatoms. The molecule has 4 nitrogen and oxygen atoms in total. The van der Waals surface area contributed by atoms with Gasteiger partial charge in [0, 0.05) is 12.8 Å². The average molecular weight is 280 g/mol. The number of hydrogen-bond acceptors (Lipinski definition) is 6. The second-order valence-corrected chi connectivity index (χ2v) is 5.52. The molecule has 2 rings (SSSR count). The van der Waals surface area contributed by atoms with Gasteiger partial charge in [-0.3, -0.25) is 0 Å². The number of thiol groups is 2. The van der Waals surface area contributed by atoms with Crippen molar-refractivity contribution in [2.24, 2.45) is 5.41 Å². The highest BCUT2D eigenvalue weighted by atomic mass is 32.1. The highest BCUT2D eigenvalue weighted by Crippen LogP contribution is 2.31. The van der Waals surface area contributed by atoms with Gasteiger partial charge in [-0.05, 0) is 11.5 Å². The van der Waals surface area contributed by atoms with E-state index in [0.717, 1.165) is 24.3 Å². The van der Waals surface area contributed by atoms with E-state index < -0.39 is 0 Å².